The molecule has 0 saturated carbocycles. The largest absolute Gasteiger partial charge is 0.390 e. The first kappa shape index (κ1) is 25.5. The molecule has 1 aliphatic rings. The molecule has 0 spiro atoms. The van der Waals surface area contributed by atoms with Crippen LogP contribution in [0.3, 0.4) is 0 Å². The van der Waals surface area contributed by atoms with Gasteiger partial charge in [-0.15, -0.1) is 0 Å². The molecule has 1 aromatic carbocycles. The number of carbonyl (C=O) groups is 2. The summed E-state index contributed by atoms with van der Waals surface area (Å²) in [7, 11) is 3.39. The number of hydrogen-bond acceptors (Lipinski definition) is 6. The maximum absolute atomic E-state index is 12.2. The van der Waals surface area contributed by atoms with E-state index in [0.29, 0.717) is 18.4 Å². The van der Waals surface area contributed by atoms with Crippen molar-refractivity contribution < 1.29 is 14.7 Å². The second-order valence-electron chi connectivity index (χ2n) is 7.98. The summed E-state index contributed by atoms with van der Waals surface area (Å²) >= 11 is 0. The van der Waals surface area contributed by atoms with Gasteiger partial charge in [-0.2, -0.15) is 0 Å². The van der Waals surface area contributed by atoms with Crippen molar-refractivity contribution in [2.75, 3.05) is 33.7 Å². The van der Waals surface area contributed by atoms with Crippen molar-refractivity contribution in [1.29, 1.82) is 0 Å². The van der Waals surface area contributed by atoms with Crippen LogP contribution in [0, 0.1) is 0 Å². The van der Waals surface area contributed by atoms with Crippen LogP contribution >= 0.6 is 0 Å². The second kappa shape index (κ2) is 12.9. The Morgan fingerprint density at radius 2 is 1.91 bits per heavy atom. The van der Waals surface area contributed by atoms with Crippen molar-refractivity contribution in [3.8, 4) is 0 Å². The number of aldehydes is 1. The number of nitrogens with zero attached hydrogens (tertiary/aromatic N) is 1. The maximum atomic E-state index is 12.2. The van der Waals surface area contributed by atoms with Gasteiger partial charge >= 0.3 is 0 Å². The Hall–Kier alpha value is -2.81. The lowest BCUT2D eigenvalue weighted by Gasteiger charge is -2.32. The quantitative estimate of drug-likeness (QED) is 0.361. The first-order valence-corrected chi connectivity index (χ1v) is 11.0. The zero-order chi connectivity index (χ0) is 23.4. The number of aromatic nitrogens is 1. The molecule has 0 bridgehead atoms. The highest BCUT2D eigenvalue weighted by atomic mass is 16.3. The lowest BCUT2D eigenvalue weighted by Crippen LogP contribution is -2.42. The van der Waals surface area contributed by atoms with Gasteiger partial charge in [0.15, 0.2) is 6.29 Å². The van der Waals surface area contributed by atoms with Crippen LogP contribution in [0.1, 0.15) is 52.0 Å². The van der Waals surface area contributed by atoms with E-state index in [2.05, 4.69) is 16.0 Å². The van der Waals surface area contributed by atoms with E-state index in [1.165, 1.54) is 23.9 Å². The number of aliphatic hydroxyl groups is 1. The maximum Gasteiger partial charge on any atom is 0.263 e. The van der Waals surface area contributed by atoms with E-state index in [4.69, 9.17) is 0 Å². The van der Waals surface area contributed by atoms with Gasteiger partial charge in [0.2, 0.25) is 0 Å². The van der Waals surface area contributed by atoms with Crippen molar-refractivity contribution >= 4 is 12.2 Å². The second-order valence-corrected chi connectivity index (χ2v) is 7.98. The molecule has 4 N–H and O–H groups in total. The molecule has 32 heavy (non-hydrogen) atoms. The van der Waals surface area contributed by atoms with Crippen LogP contribution in [0.5, 0.6) is 0 Å². The third-order valence-corrected chi connectivity index (χ3v) is 5.51. The number of nitrogens with one attached hydrogen (secondary N) is 3. The first-order valence-electron chi connectivity index (χ1n) is 11.0. The summed E-state index contributed by atoms with van der Waals surface area (Å²) in [5.41, 5.74) is 0.383. The fourth-order valence-electron chi connectivity index (χ4n) is 3.65. The SMILES string of the molecule is CNC(=O)c1cc(C=O)cn(Cc2ccccc2)c1=O.CNCCCC1(O)CCNCC1. The number of rotatable bonds is 8. The van der Waals surface area contributed by atoms with Crippen LogP contribution in [0.4, 0.5) is 0 Å². The molecule has 8 nitrogen and oxygen atoms in total. The smallest absolute Gasteiger partial charge is 0.263 e. The van der Waals surface area contributed by atoms with Crippen LogP contribution < -0.4 is 21.5 Å². The fraction of sp³-hybridized carbons (Fsp3) is 0.458. The molecule has 1 saturated heterocycles. The average Bonchev–Trinajstić information content (AvgIpc) is 2.81. The summed E-state index contributed by atoms with van der Waals surface area (Å²) in [6.45, 7) is 3.26. The van der Waals surface area contributed by atoms with Gasteiger partial charge in [-0.25, -0.2) is 0 Å². The number of benzene rings is 1. The molecule has 0 atom stereocenters. The normalized spacial score (nSPS) is 14.7. The summed E-state index contributed by atoms with van der Waals surface area (Å²) in [6.07, 6.45) is 5.91. The summed E-state index contributed by atoms with van der Waals surface area (Å²) < 4.78 is 1.36. The third kappa shape index (κ3) is 7.71. The van der Waals surface area contributed by atoms with Gasteiger partial charge in [0.1, 0.15) is 5.56 Å². The van der Waals surface area contributed by atoms with Crippen LogP contribution in [0.25, 0.3) is 0 Å². The highest BCUT2D eigenvalue weighted by Gasteiger charge is 2.27. The Labute approximate surface area is 189 Å². The van der Waals surface area contributed by atoms with E-state index in [9.17, 15) is 19.5 Å². The number of carbonyl (C=O) groups excluding carboxylic acids is 2. The highest BCUT2D eigenvalue weighted by Crippen LogP contribution is 2.23. The van der Waals surface area contributed by atoms with Gasteiger partial charge in [-0.1, -0.05) is 30.3 Å². The van der Waals surface area contributed by atoms with E-state index in [1.54, 1.807) is 0 Å². The number of piperidine rings is 1. The Balaban J connectivity index is 0.000000258. The Morgan fingerprint density at radius 3 is 2.50 bits per heavy atom. The topological polar surface area (TPSA) is 112 Å². The summed E-state index contributed by atoms with van der Waals surface area (Å²) in [6, 6.07) is 10.7. The van der Waals surface area contributed by atoms with Gasteiger partial charge in [-0.05, 0) is 64.0 Å². The van der Waals surface area contributed by atoms with Crippen molar-refractivity contribution in [3.05, 3.63) is 69.6 Å². The molecule has 0 aliphatic carbocycles. The third-order valence-electron chi connectivity index (χ3n) is 5.51. The van der Waals surface area contributed by atoms with E-state index in [0.717, 1.165) is 50.9 Å². The molecule has 2 heterocycles. The number of hydrogen-bond donors (Lipinski definition) is 4. The van der Waals surface area contributed by atoms with E-state index in [1.807, 2.05) is 37.4 Å². The molecule has 1 aromatic heterocycles. The van der Waals surface area contributed by atoms with E-state index < -0.39 is 11.5 Å². The van der Waals surface area contributed by atoms with Crippen LogP contribution in [0.2, 0.25) is 0 Å². The number of pyridine rings is 1. The molecule has 8 heteroatoms. The minimum atomic E-state index is -0.500. The molecule has 1 fully saturated rings. The Bertz CT molecular complexity index is 921. The summed E-state index contributed by atoms with van der Waals surface area (Å²) in [5, 5.41) is 18.8. The molecule has 1 aliphatic heterocycles. The van der Waals surface area contributed by atoms with Crippen molar-refractivity contribution in [3.63, 3.8) is 0 Å². The molecule has 1 amide bonds. The van der Waals surface area contributed by atoms with E-state index >= 15 is 0 Å². The molecule has 2 aromatic rings. The Kier molecular flexibility index (Phi) is 10.3. The van der Waals surface area contributed by atoms with Crippen LogP contribution in [-0.4, -0.2) is 61.2 Å². The van der Waals surface area contributed by atoms with Gasteiger partial charge in [0.05, 0.1) is 12.1 Å². The average molecular weight is 443 g/mol. The first-order chi connectivity index (χ1) is 15.4. The van der Waals surface area contributed by atoms with Gasteiger partial charge < -0.3 is 25.6 Å². The highest BCUT2D eigenvalue weighted by molar-refractivity contribution is 5.95. The predicted octanol–water partition coefficient (Wildman–Crippen LogP) is 1.17. The minimum absolute atomic E-state index is 0.0342. The molecular weight excluding hydrogens is 408 g/mol. The standard InChI is InChI=1S/C15H14N2O3.C9H20N2O/c1-16-14(19)13-7-12(10-18)9-17(15(13)20)8-11-5-3-2-4-6-11;1-10-6-2-3-9(12)4-7-11-8-5-9/h2-7,9-10H,8H2,1H3,(H,16,19);10-12H,2-8H2,1H3. The summed E-state index contributed by atoms with van der Waals surface area (Å²) in [5.74, 6) is -0.500. The lowest BCUT2D eigenvalue weighted by atomic mass is 9.88. The van der Waals surface area contributed by atoms with E-state index in [-0.39, 0.29) is 11.2 Å². The fourth-order valence-corrected chi connectivity index (χ4v) is 3.65. The minimum Gasteiger partial charge on any atom is -0.390 e. The molecule has 0 radical (unpaired) electrons. The Morgan fingerprint density at radius 1 is 1.22 bits per heavy atom. The molecular formula is C24H34N4O4. The van der Waals surface area contributed by atoms with Gasteiger partial charge in [0.25, 0.3) is 11.5 Å². The monoisotopic (exact) mass is 442 g/mol. The zero-order valence-corrected chi connectivity index (χ0v) is 18.9. The lowest BCUT2D eigenvalue weighted by molar-refractivity contribution is 0.00103. The van der Waals surface area contributed by atoms with Crippen molar-refractivity contribution in [2.24, 2.45) is 0 Å². The predicted molar refractivity (Wildman–Crippen MR) is 125 cm³/mol. The molecule has 3 rings (SSSR count). The van der Waals surface area contributed by atoms with Crippen molar-refractivity contribution in [2.45, 2.75) is 37.8 Å². The van der Waals surface area contributed by atoms with Crippen LogP contribution in [0.15, 0.2) is 47.4 Å². The molecule has 174 valence electrons. The van der Waals surface area contributed by atoms with Crippen LogP contribution in [-0.2, 0) is 6.54 Å². The zero-order valence-electron chi connectivity index (χ0n) is 18.9. The van der Waals surface area contributed by atoms with Crippen molar-refractivity contribution in [1.82, 2.24) is 20.5 Å². The summed E-state index contributed by atoms with van der Waals surface area (Å²) in [4.78, 5) is 34.8. The molecule has 0 unspecified atom stereocenters. The number of amides is 1. The van der Waals surface area contributed by atoms with Gasteiger partial charge in [0, 0.05) is 18.8 Å². The van der Waals surface area contributed by atoms with Gasteiger partial charge in [-0.3, -0.25) is 14.4 Å².